The van der Waals surface area contributed by atoms with Crippen LogP contribution in [0.15, 0.2) is 18.2 Å². The van der Waals surface area contributed by atoms with Crippen molar-refractivity contribution in [2.24, 2.45) is 0 Å². The Kier molecular flexibility index (Phi) is 2.11. The van der Waals surface area contributed by atoms with Gasteiger partial charge in [-0.05, 0) is 11.6 Å². The van der Waals surface area contributed by atoms with E-state index in [-0.39, 0.29) is 12.2 Å². The second-order valence-electron chi connectivity index (χ2n) is 2.13. The van der Waals surface area contributed by atoms with E-state index >= 15 is 0 Å². The average molecular weight is 151 g/mol. The van der Waals surface area contributed by atoms with Gasteiger partial charge in [0.15, 0.2) is 0 Å². The number of phenols is 1. The molecule has 0 fully saturated rings. The van der Waals surface area contributed by atoms with Crippen LogP contribution in [0.4, 0.5) is 0 Å². The van der Waals surface area contributed by atoms with Gasteiger partial charge in [0.25, 0.3) is 0 Å². The van der Waals surface area contributed by atoms with Crippen LogP contribution in [0.25, 0.3) is 0 Å². The van der Waals surface area contributed by atoms with E-state index in [1.807, 2.05) is 0 Å². The summed E-state index contributed by atoms with van der Waals surface area (Å²) in [5, 5.41) is 17.2. The Hall–Kier alpha value is -1.51. The van der Waals surface area contributed by atoms with Gasteiger partial charge < -0.3 is 10.2 Å². The van der Waals surface area contributed by atoms with Crippen molar-refractivity contribution in [3.63, 3.8) is 0 Å². The van der Waals surface area contributed by atoms with Gasteiger partial charge in [-0.3, -0.25) is 4.79 Å². The van der Waals surface area contributed by atoms with Crippen LogP contribution < -0.4 is 0 Å². The van der Waals surface area contributed by atoms with Crippen LogP contribution in [0.1, 0.15) is 5.56 Å². The predicted molar refractivity (Wildman–Crippen MR) is 38.3 cm³/mol. The topological polar surface area (TPSA) is 57.5 Å². The summed E-state index contributed by atoms with van der Waals surface area (Å²) in [6.45, 7) is 0. The van der Waals surface area contributed by atoms with Gasteiger partial charge in [0, 0.05) is 6.07 Å². The molecule has 57 valence electrons. The minimum Gasteiger partial charge on any atom is -0.507 e. The average Bonchev–Trinajstić information content (AvgIpc) is 1.85. The number of aliphatic carboxylic acids is 1. The molecular weight excluding hydrogens is 144 g/mol. The van der Waals surface area contributed by atoms with Crippen molar-refractivity contribution in [1.82, 2.24) is 0 Å². The van der Waals surface area contributed by atoms with Crippen molar-refractivity contribution in [2.75, 3.05) is 0 Å². The third-order valence-corrected chi connectivity index (χ3v) is 1.18. The third kappa shape index (κ3) is 2.29. The highest BCUT2D eigenvalue weighted by Crippen LogP contribution is 2.09. The van der Waals surface area contributed by atoms with E-state index in [9.17, 15) is 4.79 Å². The van der Waals surface area contributed by atoms with Gasteiger partial charge in [-0.15, -0.1) is 0 Å². The zero-order valence-corrected chi connectivity index (χ0v) is 5.74. The number of hydrogen-bond acceptors (Lipinski definition) is 2. The van der Waals surface area contributed by atoms with E-state index in [1.165, 1.54) is 6.07 Å². The molecule has 1 aromatic carbocycles. The van der Waals surface area contributed by atoms with Crippen molar-refractivity contribution in [2.45, 2.75) is 6.42 Å². The molecule has 0 saturated heterocycles. The molecule has 0 aliphatic heterocycles. The van der Waals surface area contributed by atoms with E-state index in [2.05, 4.69) is 6.07 Å². The molecule has 3 heteroatoms. The summed E-state index contributed by atoms with van der Waals surface area (Å²) in [7, 11) is 0. The first-order valence-electron chi connectivity index (χ1n) is 3.10. The standard InChI is InChI=1S/C8H7O3/c9-7-3-1-2-6(4-7)5-8(10)11/h1-3,9H,5H2,(H,10,11). The van der Waals surface area contributed by atoms with Crippen LogP contribution in [0.3, 0.4) is 0 Å². The summed E-state index contributed by atoms with van der Waals surface area (Å²) in [5.41, 5.74) is 0.484. The lowest BCUT2D eigenvalue weighted by Gasteiger charge is -1.95. The van der Waals surface area contributed by atoms with Crippen LogP contribution in [-0.2, 0) is 11.2 Å². The number of hydrogen-bond donors (Lipinski definition) is 2. The molecule has 0 bridgehead atoms. The van der Waals surface area contributed by atoms with Gasteiger partial charge in [0.1, 0.15) is 5.75 Å². The fraction of sp³-hybridized carbons (Fsp3) is 0.125. The molecule has 2 N–H and O–H groups in total. The van der Waals surface area contributed by atoms with Crippen molar-refractivity contribution >= 4 is 5.97 Å². The minimum absolute atomic E-state index is 0.0243. The van der Waals surface area contributed by atoms with E-state index in [0.717, 1.165) is 0 Å². The highest BCUT2D eigenvalue weighted by molar-refractivity contribution is 5.70. The van der Waals surface area contributed by atoms with Crippen LogP contribution in [0.2, 0.25) is 0 Å². The number of phenolic OH excluding ortho intramolecular Hbond substituents is 1. The first kappa shape index (κ1) is 7.60. The highest BCUT2D eigenvalue weighted by atomic mass is 16.4. The SMILES string of the molecule is O=C(O)Cc1[c]c(O)ccc1. The number of aromatic hydroxyl groups is 1. The Bertz CT molecular complexity index is 268. The second kappa shape index (κ2) is 3.05. The maximum Gasteiger partial charge on any atom is 0.307 e. The molecule has 11 heavy (non-hydrogen) atoms. The summed E-state index contributed by atoms with van der Waals surface area (Å²) in [6, 6.07) is 7.16. The normalized spacial score (nSPS) is 9.45. The Labute approximate surface area is 63.9 Å². The smallest absolute Gasteiger partial charge is 0.307 e. The molecule has 1 radical (unpaired) electrons. The van der Waals surface area contributed by atoms with Crippen molar-refractivity contribution in [3.05, 3.63) is 29.8 Å². The summed E-state index contributed by atoms with van der Waals surface area (Å²) in [5.74, 6) is -0.949. The Morgan fingerprint density at radius 2 is 2.27 bits per heavy atom. The van der Waals surface area contributed by atoms with E-state index < -0.39 is 5.97 Å². The zero-order chi connectivity index (χ0) is 8.27. The highest BCUT2D eigenvalue weighted by Gasteiger charge is 2.00. The Morgan fingerprint density at radius 1 is 1.55 bits per heavy atom. The number of benzene rings is 1. The molecule has 3 nitrogen and oxygen atoms in total. The number of carboxylic acid groups (broad SMARTS) is 1. The molecule has 0 atom stereocenters. The molecular formula is C8H7O3. The third-order valence-electron chi connectivity index (χ3n) is 1.18. The summed E-state index contributed by atoms with van der Waals surface area (Å²) < 4.78 is 0. The summed E-state index contributed by atoms with van der Waals surface area (Å²) in [6.07, 6.45) is -0.103. The quantitative estimate of drug-likeness (QED) is 0.657. The number of carbonyl (C=O) groups is 1. The number of rotatable bonds is 2. The minimum atomic E-state index is -0.924. The van der Waals surface area contributed by atoms with Crippen molar-refractivity contribution in [1.29, 1.82) is 0 Å². The molecule has 0 unspecified atom stereocenters. The molecule has 1 rings (SSSR count). The van der Waals surface area contributed by atoms with Gasteiger partial charge in [-0.2, -0.15) is 0 Å². The second-order valence-corrected chi connectivity index (χ2v) is 2.13. The van der Waals surface area contributed by atoms with Gasteiger partial charge in [0.05, 0.1) is 6.42 Å². The molecule has 0 aromatic heterocycles. The molecule has 0 aliphatic rings. The lowest BCUT2D eigenvalue weighted by Crippen LogP contribution is -1.99. The molecule has 0 aliphatic carbocycles. The molecule has 0 amide bonds. The van der Waals surface area contributed by atoms with Crippen molar-refractivity contribution < 1.29 is 15.0 Å². The molecule has 1 aromatic rings. The zero-order valence-electron chi connectivity index (χ0n) is 5.74. The monoisotopic (exact) mass is 151 g/mol. The lowest BCUT2D eigenvalue weighted by molar-refractivity contribution is -0.136. The fourth-order valence-corrected chi connectivity index (χ4v) is 0.769. The Morgan fingerprint density at radius 3 is 2.82 bits per heavy atom. The van der Waals surface area contributed by atoms with E-state index in [1.54, 1.807) is 12.1 Å². The largest absolute Gasteiger partial charge is 0.507 e. The summed E-state index contributed by atoms with van der Waals surface area (Å²) in [4.78, 5) is 10.2. The summed E-state index contributed by atoms with van der Waals surface area (Å²) >= 11 is 0. The van der Waals surface area contributed by atoms with Crippen LogP contribution in [0.5, 0.6) is 5.75 Å². The molecule has 0 saturated carbocycles. The molecule has 0 heterocycles. The van der Waals surface area contributed by atoms with Crippen LogP contribution in [0, 0.1) is 6.07 Å². The van der Waals surface area contributed by atoms with E-state index in [0.29, 0.717) is 5.56 Å². The maximum atomic E-state index is 10.2. The first-order chi connectivity index (χ1) is 5.18. The van der Waals surface area contributed by atoms with Crippen LogP contribution >= 0.6 is 0 Å². The van der Waals surface area contributed by atoms with Gasteiger partial charge in [-0.25, -0.2) is 0 Å². The van der Waals surface area contributed by atoms with Gasteiger partial charge in [-0.1, -0.05) is 12.1 Å². The Balaban J connectivity index is 2.79. The van der Waals surface area contributed by atoms with E-state index in [4.69, 9.17) is 10.2 Å². The first-order valence-corrected chi connectivity index (χ1v) is 3.10. The van der Waals surface area contributed by atoms with Gasteiger partial charge >= 0.3 is 5.97 Å². The van der Waals surface area contributed by atoms with Gasteiger partial charge in [0.2, 0.25) is 0 Å². The van der Waals surface area contributed by atoms with Crippen LogP contribution in [-0.4, -0.2) is 16.2 Å². The number of carboxylic acids is 1. The van der Waals surface area contributed by atoms with Crippen molar-refractivity contribution in [3.8, 4) is 5.75 Å². The lowest BCUT2D eigenvalue weighted by atomic mass is 10.1. The molecule has 0 spiro atoms. The maximum absolute atomic E-state index is 10.2. The predicted octanol–water partition coefficient (Wildman–Crippen LogP) is 0.819. The fourth-order valence-electron chi connectivity index (χ4n) is 0.769.